The number of hydrogen-bond acceptors (Lipinski definition) is 2. The van der Waals surface area contributed by atoms with E-state index in [0.29, 0.717) is 5.92 Å². The minimum absolute atomic E-state index is 0.405. The van der Waals surface area contributed by atoms with Crippen LogP contribution in [0.15, 0.2) is 28.7 Å². The summed E-state index contributed by atoms with van der Waals surface area (Å²) in [7, 11) is 0. The zero-order valence-corrected chi connectivity index (χ0v) is 8.73. The molecule has 1 saturated carbocycles. The Labute approximate surface area is 88.5 Å². The zero-order valence-electron chi connectivity index (χ0n) is 8.73. The molecule has 1 fully saturated rings. The summed E-state index contributed by atoms with van der Waals surface area (Å²) in [5.74, 6) is 1.14. The van der Waals surface area contributed by atoms with E-state index in [1.807, 2.05) is 18.2 Å². The number of benzene rings is 1. The highest BCUT2D eigenvalue weighted by Gasteiger charge is 2.32. The number of aryl methyl sites for hydroxylation is 1. The summed E-state index contributed by atoms with van der Waals surface area (Å²) < 4.78 is 5.64. The molecule has 1 atom stereocenters. The molecule has 0 aliphatic heterocycles. The second-order valence-corrected chi connectivity index (χ2v) is 4.47. The van der Waals surface area contributed by atoms with Crippen molar-refractivity contribution in [1.82, 2.24) is 0 Å². The first-order chi connectivity index (χ1) is 7.24. The summed E-state index contributed by atoms with van der Waals surface area (Å²) in [6, 6.07) is 8.04. The number of hydrogen-bond donors (Lipinski definition) is 1. The first-order valence-corrected chi connectivity index (χ1v) is 5.42. The molecular formula is C13H14O2. The molecule has 0 saturated heterocycles. The molecule has 0 amide bonds. The van der Waals surface area contributed by atoms with Crippen molar-refractivity contribution in [2.75, 3.05) is 0 Å². The van der Waals surface area contributed by atoms with Gasteiger partial charge in [0.25, 0.3) is 0 Å². The largest absolute Gasteiger partial charge is 0.458 e. The van der Waals surface area contributed by atoms with E-state index in [-0.39, 0.29) is 0 Å². The Balaban J connectivity index is 2.05. The maximum absolute atomic E-state index is 9.94. The summed E-state index contributed by atoms with van der Waals surface area (Å²) in [5, 5.41) is 11.0. The molecule has 2 heteroatoms. The molecule has 1 unspecified atom stereocenters. The fourth-order valence-corrected chi connectivity index (χ4v) is 1.97. The van der Waals surface area contributed by atoms with Gasteiger partial charge in [0.1, 0.15) is 17.4 Å². The topological polar surface area (TPSA) is 33.4 Å². The molecule has 1 N–H and O–H groups in total. The number of furan rings is 1. The SMILES string of the molecule is Cc1ccc2oc(C(O)C3CC3)cc2c1. The molecule has 1 aromatic carbocycles. The molecule has 2 aromatic rings. The maximum atomic E-state index is 9.94. The van der Waals surface area contributed by atoms with Gasteiger partial charge in [0.05, 0.1) is 0 Å². The van der Waals surface area contributed by atoms with Gasteiger partial charge in [-0.15, -0.1) is 0 Å². The summed E-state index contributed by atoms with van der Waals surface area (Å²) in [6.45, 7) is 2.06. The number of fused-ring (bicyclic) bond motifs is 1. The minimum Gasteiger partial charge on any atom is -0.458 e. The molecule has 78 valence electrons. The Morgan fingerprint density at radius 2 is 2.13 bits per heavy atom. The third kappa shape index (κ3) is 1.55. The van der Waals surface area contributed by atoms with Crippen molar-refractivity contribution in [3.63, 3.8) is 0 Å². The van der Waals surface area contributed by atoms with E-state index in [9.17, 15) is 5.11 Å². The lowest BCUT2D eigenvalue weighted by Gasteiger charge is -2.03. The van der Waals surface area contributed by atoms with Crippen LogP contribution in [0.5, 0.6) is 0 Å². The van der Waals surface area contributed by atoms with Crippen LogP contribution < -0.4 is 0 Å². The fourth-order valence-electron chi connectivity index (χ4n) is 1.97. The first-order valence-electron chi connectivity index (χ1n) is 5.42. The Hall–Kier alpha value is -1.28. The average Bonchev–Trinajstić information content (AvgIpc) is 2.97. The van der Waals surface area contributed by atoms with Crippen molar-refractivity contribution in [3.05, 3.63) is 35.6 Å². The van der Waals surface area contributed by atoms with Gasteiger partial charge in [0.15, 0.2) is 0 Å². The molecule has 0 spiro atoms. The van der Waals surface area contributed by atoms with Gasteiger partial charge in [-0.2, -0.15) is 0 Å². The van der Waals surface area contributed by atoms with Gasteiger partial charge >= 0.3 is 0 Å². The van der Waals surface area contributed by atoms with E-state index in [0.717, 1.165) is 29.6 Å². The van der Waals surface area contributed by atoms with E-state index in [1.54, 1.807) is 0 Å². The highest BCUT2D eigenvalue weighted by atomic mass is 16.4. The number of aliphatic hydroxyl groups is 1. The van der Waals surface area contributed by atoms with Crippen LogP contribution in [-0.2, 0) is 0 Å². The molecule has 1 aliphatic carbocycles. The highest BCUT2D eigenvalue weighted by molar-refractivity contribution is 5.78. The van der Waals surface area contributed by atoms with Gasteiger partial charge in [0, 0.05) is 5.39 Å². The Kier molecular flexibility index (Phi) is 1.86. The van der Waals surface area contributed by atoms with Crippen LogP contribution >= 0.6 is 0 Å². The normalized spacial score (nSPS) is 18.3. The molecule has 3 rings (SSSR count). The van der Waals surface area contributed by atoms with E-state index in [1.165, 1.54) is 5.56 Å². The van der Waals surface area contributed by atoms with Crippen molar-refractivity contribution in [1.29, 1.82) is 0 Å². The second kappa shape index (κ2) is 3.11. The quantitative estimate of drug-likeness (QED) is 0.811. The maximum Gasteiger partial charge on any atom is 0.134 e. The van der Waals surface area contributed by atoms with E-state index in [2.05, 4.69) is 13.0 Å². The molecule has 0 radical (unpaired) electrons. The van der Waals surface area contributed by atoms with Gasteiger partial charge < -0.3 is 9.52 Å². The molecular weight excluding hydrogens is 188 g/mol. The van der Waals surface area contributed by atoms with Gasteiger partial charge in [0.2, 0.25) is 0 Å². The summed E-state index contributed by atoms with van der Waals surface area (Å²) in [5.41, 5.74) is 2.09. The van der Waals surface area contributed by atoms with Crippen LogP contribution in [0.2, 0.25) is 0 Å². The van der Waals surface area contributed by atoms with Gasteiger partial charge in [-0.1, -0.05) is 11.6 Å². The molecule has 1 heterocycles. The van der Waals surface area contributed by atoms with Crippen molar-refractivity contribution >= 4 is 11.0 Å². The third-order valence-electron chi connectivity index (χ3n) is 3.05. The lowest BCUT2D eigenvalue weighted by atomic mass is 10.1. The molecule has 2 nitrogen and oxygen atoms in total. The molecule has 0 bridgehead atoms. The first kappa shape index (κ1) is 8.98. The Bertz CT molecular complexity index is 494. The Morgan fingerprint density at radius 1 is 1.33 bits per heavy atom. The second-order valence-electron chi connectivity index (χ2n) is 4.47. The van der Waals surface area contributed by atoms with E-state index < -0.39 is 6.10 Å². The molecule has 15 heavy (non-hydrogen) atoms. The van der Waals surface area contributed by atoms with Crippen LogP contribution in [0.1, 0.15) is 30.3 Å². The van der Waals surface area contributed by atoms with Gasteiger partial charge in [-0.05, 0) is 43.9 Å². The van der Waals surface area contributed by atoms with Crippen LogP contribution in [0.3, 0.4) is 0 Å². The van der Waals surface area contributed by atoms with Crippen molar-refractivity contribution in [2.24, 2.45) is 5.92 Å². The number of aliphatic hydroxyl groups excluding tert-OH is 1. The Morgan fingerprint density at radius 3 is 2.87 bits per heavy atom. The molecule has 1 aliphatic rings. The van der Waals surface area contributed by atoms with E-state index >= 15 is 0 Å². The fraction of sp³-hybridized carbons (Fsp3) is 0.385. The van der Waals surface area contributed by atoms with Crippen LogP contribution in [0.25, 0.3) is 11.0 Å². The van der Waals surface area contributed by atoms with Crippen molar-refractivity contribution in [2.45, 2.75) is 25.9 Å². The predicted octanol–water partition coefficient (Wildman–Crippen LogP) is 3.18. The molecule has 1 aromatic heterocycles. The van der Waals surface area contributed by atoms with Gasteiger partial charge in [-0.3, -0.25) is 0 Å². The third-order valence-corrected chi connectivity index (χ3v) is 3.05. The standard InChI is InChI=1S/C13H14O2/c1-8-2-5-11-10(6-8)7-12(15-11)13(14)9-3-4-9/h2,5-7,9,13-14H,3-4H2,1H3. The summed E-state index contributed by atoms with van der Waals surface area (Å²) >= 11 is 0. The summed E-state index contributed by atoms with van der Waals surface area (Å²) in [4.78, 5) is 0. The van der Waals surface area contributed by atoms with E-state index in [4.69, 9.17) is 4.42 Å². The average molecular weight is 202 g/mol. The number of rotatable bonds is 2. The minimum atomic E-state index is -0.405. The highest BCUT2D eigenvalue weighted by Crippen LogP contribution is 2.42. The van der Waals surface area contributed by atoms with Gasteiger partial charge in [-0.25, -0.2) is 0 Å². The van der Waals surface area contributed by atoms with Crippen molar-refractivity contribution in [3.8, 4) is 0 Å². The lowest BCUT2D eigenvalue weighted by Crippen LogP contribution is -1.96. The monoisotopic (exact) mass is 202 g/mol. The van der Waals surface area contributed by atoms with Crippen LogP contribution in [0.4, 0.5) is 0 Å². The lowest BCUT2D eigenvalue weighted by molar-refractivity contribution is 0.129. The zero-order chi connectivity index (χ0) is 10.4. The van der Waals surface area contributed by atoms with Crippen LogP contribution in [0, 0.1) is 12.8 Å². The smallest absolute Gasteiger partial charge is 0.134 e. The van der Waals surface area contributed by atoms with Crippen molar-refractivity contribution < 1.29 is 9.52 Å². The summed E-state index contributed by atoms with van der Waals surface area (Å²) in [6.07, 6.45) is 1.84. The predicted molar refractivity (Wildman–Crippen MR) is 58.6 cm³/mol. The van der Waals surface area contributed by atoms with Crippen LogP contribution in [-0.4, -0.2) is 5.11 Å².